The number of rotatable bonds is 5. The maximum Gasteiger partial charge on any atom is 0.159 e. The van der Waals surface area contributed by atoms with Crippen LogP contribution < -0.4 is 5.32 Å². The molecule has 0 amide bonds. The number of hydrogen-bond acceptors (Lipinski definition) is 1. The van der Waals surface area contributed by atoms with Gasteiger partial charge in [-0.15, -0.1) is 0 Å². The summed E-state index contributed by atoms with van der Waals surface area (Å²) >= 11 is 12.2. The van der Waals surface area contributed by atoms with Crippen molar-refractivity contribution in [2.75, 3.05) is 6.54 Å². The molecule has 2 aromatic carbocycles. The SMILES string of the molecule is CCCNC(c1ccc(F)c(F)c1)c1cc(Cl)ccc1Cl. The Hall–Kier alpha value is -1.16. The molecule has 1 N–H and O–H groups in total. The van der Waals surface area contributed by atoms with E-state index in [9.17, 15) is 8.78 Å². The second kappa shape index (κ2) is 7.21. The molecule has 0 aliphatic carbocycles. The van der Waals surface area contributed by atoms with E-state index in [1.54, 1.807) is 24.3 Å². The van der Waals surface area contributed by atoms with Crippen molar-refractivity contribution in [3.05, 3.63) is 69.2 Å². The molecular weight excluding hydrogens is 315 g/mol. The van der Waals surface area contributed by atoms with Crippen LogP contribution in [-0.2, 0) is 0 Å². The predicted octanol–water partition coefficient (Wildman–Crippen LogP) is 5.36. The van der Waals surface area contributed by atoms with Crippen LogP contribution in [0, 0.1) is 11.6 Å². The van der Waals surface area contributed by atoms with Crippen LogP contribution in [0.4, 0.5) is 8.78 Å². The van der Waals surface area contributed by atoms with Gasteiger partial charge in [-0.3, -0.25) is 0 Å². The van der Waals surface area contributed by atoms with Gasteiger partial charge in [0.1, 0.15) is 0 Å². The molecule has 2 aromatic rings. The van der Waals surface area contributed by atoms with Crippen molar-refractivity contribution in [1.29, 1.82) is 0 Å². The van der Waals surface area contributed by atoms with E-state index in [4.69, 9.17) is 23.2 Å². The maximum atomic E-state index is 13.5. The van der Waals surface area contributed by atoms with Crippen molar-refractivity contribution >= 4 is 23.2 Å². The molecule has 21 heavy (non-hydrogen) atoms. The van der Waals surface area contributed by atoms with Gasteiger partial charge in [-0.05, 0) is 54.4 Å². The average molecular weight is 330 g/mol. The van der Waals surface area contributed by atoms with E-state index >= 15 is 0 Å². The molecule has 5 heteroatoms. The van der Waals surface area contributed by atoms with E-state index in [1.165, 1.54) is 6.07 Å². The molecule has 112 valence electrons. The molecule has 0 bridgehead atoms. The molecule has 0 saturated heterocycles. The first-order chi connectivity index (χ1) is 10.0. The largest absolute Gasteiger partial charge is 0.306 e. The molecule has 0 aliphatic heterocycles. The monoisotopic (exact) mass is 329 g/mol. The number of hydrogen-bond donors (Lipinski definition) is 1. The van der Waals surface area contributed by atoms with Crippen molar-refractivity contribution in [3.8, 4) is 0 Å². The molecule has 0 saturated carbocycles. The minimum Gasteiger partial charge on any atom is -0.306 e. The van der Waals surface area contributed by atoms with E-state index in [1.807, 2.05) is 6.92 Å². The van der Waals surface area contributed by atoms with Crippen LogP contribution >= 0.6 is 23.2 Å². The summed E-state index contributed by atoms with van der Waals surface area (Å²) in [5.74, 6) is -1.75. The topological polar surface area (TPSA) is 12.0 Å². The van der Waals surface area contributed by atoms with Crippen LogP contribution in [0.2, 0.25) is 10.0 Å². The van der Waals surface area contributed by atoms with Crippen molar-refractivity contribution in [2.24, 2.45) is 0 Å². The Kier molecular flexibility index (Phi) is 5.57. The quantitative estimate of drug-likeness (QED) is 0.778. The normalized spacial score (nSPS) is 12.4. The lowest BCUT2D eigenvalue weighted by Gasteiger charge is -2.21. The molecule has 1 nitrogen and oxygen atoms in total. The van der Waals surface area contributed by atoms with Crippen LogP contribution in [0.1, 0.15) is 30.5 Å². The zero-order valence-electron chi connectivity index (χ0n) is 11.5. The highest BCUT2D eigenvalue weighted by Gasteiger charge is 2.18. The fourth-order valence-corrected chi connectivity index (χ4v) is 2.53. The molecule has 0 aliphatic rings. The summed E-state index contributed by atoms with van der Waals surface area (Å²) in [5, 5.41) is 4.35. The highest BCUT2D eigenvalue weighted by atomic mass is 35.5. The van der Waals surface area contributed by atoms with Gasteiger partial charge in [0.15, 0.2) is 11.6 Å². The Morgan fingerprint density at radius 2 is 1.81 bits per heavy atom. The first-order valence-corrected chi connectivity index (χ1v) is 7.41. The number of benzene rings is 2. The van der Waals surface area contributed by atoms with Crippen LogP contribution in [-0.4, -0.2) is 6.54 Å². The first-order valence-electron chi connectivity index (χ1n) is 6.66. The third-order valence-electron chi connectivity index (χ3n) is 3.14. The van der Waals surface area contributed by atoms with Gasteiger partial charge in [-0.2, -0.15) is 0 Å². The Bertz CT molecular complexity index is 632. The lowest BCUT2D eigenvalue weighted by Crippen LogP contribution is -2.23. The second-order valence-corrected chi connectivity index (χ2v) is 5.57. The Morgan fingerprint density at radius 1 is 1.05 bits per heavy atom. The standard InChI is InChI=1S/C16H15Cl2F2N/c1-2-7-21-16(10-3-6-14(19)15(20)8-10)12-9-11(17)4-5-13(12)18/h3-6,8-9,16,21H,2,7H2,1H3. The van der Waals surface area contributed by atoms with Crippen molar-refractivity contribution in [3.63, 3.8) is 0 Å². The summed E-state index contributed by atoms with van der Waals surface area (Å²) in [7, 11) is 0. The first kappa shape index (κ1) is 16.2. The zero-order valence-corrected chi connectivity index (χ0v) is 13.0. The van der Waals surface area contributed by atoms with Crippen LogP contribution in [0.3, 0.4) is 0 Å². The van der Waals surface area contributed by atoms with Crippen molar-refractivity contribution < 1.29 is 8.78 Å². The minimum atomic E-state index is -0.881. The molecule has 0 fully saturated rings. The van der Waals surface area contributed by atoms with E-state index in [2.05, 4.69) is 5.32 Å². The lowest BCUT2D eigenvalue weighted by atomic mass is 9.98. The van der Waals surface area contributed by atoms with Gasteiger partial charge in [-0.25, -0.2) is 8.78 Å². The van der Waals surface area contributed by atoms with Crippen molar-refractivity contribution in [2.45, 2.75) is 19.4 Å². The lowest BCUT2D eigenvalue weighted by molar-refractivity contribution is 0.503. The molecule has 0 heterocycles. The van der Waals surface area contributed by atoms with Gasteiger partial charge in [0.2, 0.25) is 0 Å². The minimum absolute atomic E-state index is 0.341. The number of nitrogens with one attached hydrogen (secondary N) is 1. The Morgan fingerprint density at radius 3 is 2.48 bits per heavy atom. The van der Waals surface area contributed by atoms with Gasteiger partial charge in [0.25, 0.3) is 0 Å². The van der Waals surface area contributed by atoms with Crippen LogP contribution in [0.5, 0.6) is 0 Å². The van der Waals surface area contributed by atoms with Gasteiger partial charge < -0.3 is 5.32 Å². The highest BCUT2D eigenvalue weighted by Crippen LogP contribution is 2.31. The van der Waals surface area contributed by atoms with Gasteiger partial charge in [0, 0.05) is 10.0 Å². The smallest absolute Gasteiger partial charge is 0.159 e. The van der Waals surface area contributed by atoms with Crippen LogP contribution in [0.25, 0.3) is 0 Å². The number of halogens is 4. The Labute approximate surface area is 132 Å². The fourth-order valence-electron chi connectivity index (χ4n) is 2.12. The summed E-state index contributed by atoms with van der Waals surface area (Å²) in [6.07, 6.45) is 0.901. The predicted molar refractivity (Wildman–Crippen MR) is 83.0 cm³/mol. The molecule has 0 radical (unpaired) electrons. The highest BCUT2D eigenvalue weighted by molar-refractivity contribution is 6.33. The van der Waals surface area contributed by atoms with Crippen LogP contribution in [0.15, 0.2) is 36.4 Å². The zero-order chi connectivity index (χ0) is 15.4. The van der Waals surface area contributed by atoms with Gasteiger partial charge in [0.05, 0.1) is 6.04 Å². The molecule has 1 unspecified atom stereocenters. The third-order valence-corrected chi connectivity index (χ3v) is 3.72. The molecule has 2 rings (SSSR count). The van der Waals surface area contributed by atoms with Gasteiger partial charge in [-0.1, -0.05) is 36.2 Å². The summed E-state index contributed by atoms with van der Waals surface area (Å²) in [6, 6.07) is 8.62. The van der Waals surface area contributed by atoms with E-state index in [0.717, 1.165) is 18.1 Å². The van der Waals surface area contributed by atoms with Gasteiger partial charge >= 0.3 is 0 Å². The van der Waals surface area contributed by atoms with E-state index < -0.39 is 11.6 Å². The molecule has 0 spiro atoms. The molecule has 0 aromatic heterocycles. The molecular formula is C16H15Cl2F2N. The summed E-state index contributed by atoms with van der Waals surface area (Å²) in [6.45, 7) is 2.74. The maximum absolute atomic E-state index is 13.5. The van der Waals surface area contributed by atoms with E-state index in [-0.39, 0.29) is 6.04 Å². The second-order valence-electron chi connectivity index (χ2n) is 4.73. The average Bonchev–Trinajstić information content (AvgIpc) is 2.46. The third kappa shape index (κ3) is 3.94. The summed E-state index contributed by atoms with van der Waals surface area (Å²) < 4.78 is 26.6. The summed E-state index contributed by atoms with van der Waals surface area (Å²) in [4.78, 5) is 0. The van der Waals surface area contributed by atoms with Crippen molar-refractivity contribution in [1.82, 2.24) is 5.32 Å². The fraction of sp³-hybridized carbons (Fsp3) is 0.250. The summed E-state index contributed by atoms with van der Waals surface area (Å²) in [5.41, 5.74) is 1.34. The van der Waals surface area contributed by atoms with E-state index in [0.29, 0.717) is 22.2 Å². The molecule has 1 atom stereocenters. The Balaban J connectivity index is 2.46.